The summed E-state index contributed by atoms with van der Waals surface area (Å²) in [4.78, 5) is 9.41. The van der Waals surface area contributed by atoms with Gasteiger partial charge in [0.05, 0.1) is 0 Å². The van der Waals surface area contributed by atoms with Crippen LogP contribution >= 0.6 is 0 Å². The lowest BCUT2D eigenvalue weighted by atomic mass is 10.1. The Morgan fingerprint density at radius 1 is 1.39 bits per heavy atom. The second-order valence-corrected chi connectivity index (χ2v) is 5.50. The van der Waals surface area contributed by atoms with Crippen LogP contribution in [0.4, 0.5) is 5.69 Å². The largest absolute Gasteiger partial charge is 0.369 e. The summed E-state index contributed by atoms with van der Waals surface area (Å²) in [6.07, 6.45) is 3.14. The minimum absolute atomic E-state index is 0.649. The van der Waals surface area contributed by atoms with Crippen molar-refractivity contribution in [1.29, 1.82) is 0 Å². The smallest absolute Gasteiger partial charge is 0.0400 e. The molecular weight excluding hydrogens is 222 g/mol. The fourth-order valence-electron chi connectivity index (χ4n) is 2.87. The molecule has 0 spiro atoms. The summed E-state index contributed by atoms with van der Waals surface area (Å²) < 4.78 is 0. The molecule has 0 saturated carbocycles. The summed E-state index contributed by atoms with van der Waals surface area (Å²) in [6, 6.07) is 5.64. The molecule has 18 heavy (non-hydrogen) atoms. The van der Waals surface area contributed by atoms with E-state index in [4.69, 9.17) is 0 Å². The van der Waals surface area contributed by atoms with Crippen molar-refractivity contribution in [3.63, 3.8) is 0 Å². The second kappa shape index (κ2) is 5.70. The lowest BCUT2D eigenvalue weighted by Crippen LogP contribution is -2.55. The van der Waals surface area contributed by atoms with Crippen LogP contribution in [0.15, 0.2) is 18.3 Å². The minimum atomic E-state index is 0.649. The van der Waals surface area contributed by atoms with E-state index in [1.807, 2.05) is 6.20 Å². The Hall–Kier alpha value is -1.09. The highest BCUT2D eigenvalue weighted by Gasteiger charge is 2.27. The van der Waals surface area contributed by atoms with Crippen molar-refractivity contribution in [1.82, 2.24) is 9.88 Å². The molecule has 1 aromatic heterocycles. The number of nitrogens with zero attached hydrogens (tertiary/aromatic N) is 3. The predicted octanol–water partition coefficient (Wildman–Crippen LogP) is 2.70. The van der Waals surface area contributed by atoms with Crippen molar-refractivity contribution in [2.24, 2.45) is 0 Å². The topological polar surface area (TPSA) is 19.4 Å². The van der Waals surface area contributed by atoms with E-state index in [0.29, 0.717) is 12.1 Å². The van der Waals surface area contributed by atoms with Crippen molar-refractivity contribution in [2.75, 3.05) is 24.5 Å². The van der Waals surface area contributed by atoms with Gasteiger partial charge < -0.3 is 4.90 Å². The van der Waals surface area contributed by atoms with Crippen LogP contribution in [-0.2, 0) is 0 Å². The number of anilines is 1. The molecule has 0 radical (unpaired) electrons. The van der Waals surface area contributed by atoms with Crippen LogP contribution in [-0.4, -0.2) is 41.6 Å². The van der Waals surface area contributed by atoms with Crippen LogP contribution < -0.4 is 4.90 Å². The van der Waals surface area contributed by atoms with E-state index in [1.165, 1.54) is 12.1 Å². The third-order valence-corrected chi connectivity index (χ3v) is 3.91. The van der Waals surface area contributed by atoms with E-state index < -0.39 is 0 Å². The van der Waals surface area contributed by atoms with Crippen LogP contribution in [0, 0.1) is 6.92 Å². The van der Waals surface area contributed by atoms with Crippen molar-refractivity contribution in [2.45, 2.75) is 46.2 Å². The van der Waals surface area contributed by atoms with Gasteiger partial charge in [-0.05, 0) is 39.3 Å². The van der Waals surface area contributed by atoms with Crippen molar-refractivity contribution >= 4 is 5.69 Å². The van der Waals surface area contributed by atoms with Gasteiger partial charge in [0, 0.05) is 49.3 Å². The first kappa shape index (κ1) is 13.3. The first-order valence-electron chi connectivity index (χ1n) is 7.05. The quantitative estimate of drug-likeness (QED) is 0.818. The summed E-state index contributed by atoms with van der Waals surface area (Å²) in [5, 5.41) is 0. The van der Waals surface area contributed by atoms with E-state index >= 15 is 0 Å². The average molecular weight is 247 g/mol. The van der Waals surface area contributed by atoms with Gasteiger partial charge in [-0.15, -0.1) is 0 Å². The SMILES string of the molecule is CC[C@H]1CN(c2ccnc(C)c2)CCN1C(C)C. The molecule has 1 aliphatic rings. The number of pyridine rings is 1. The first-order valence-corrected chi connectivity index (χ1v) is 7.05. The Labute approximate surface area is 111 Å². The van der Waals surface area contributed by atoms with Crippen molar-refractivity contribution in [3.05, 3.63) is 24.0 Å². The average Bonchev–Trinajstić information content (AvgIpc) is 2.37. The molecule has 0 unspecified atom stereocenters. The van der Waals surface area contributed by atoms with Gasteiger partial charge in [0.1, 0.15) is 0 Å². The highest BCUT2D eigenvalue weighted by molar-refractivity contribution is 5.47. The van der Waals surface area contributed by atoms with Crippen LogP contribution in [0.5, 0.6) is 0 Å². The zero-order valence-corrected chi connectivity index (χ0v) is 12.1. The molecular formula is C15H25N3. The van der Waals surface area contributed by atoms with Crippen molar-refractivity contribution in [3.8, 4) is 0 Å². The molecule has 2 rings (SSSR count). The molecule has 0 amide bonds. The molecule has 0 bridgehead atoms. The molecule has 0 N–H and O–H groups in total. The van der Waals surface area contributed by atoms with Gasteiger partial charge in [0.2, 0.25) is 0 Å². The molecule has 3 nitrogen and oxygen atoms in total. The fourth-order valence-corrected chi connectivity index (χ4v) is 2.87. The van der Waals surface area contributed by atoms with Gasteiger partial charge in [0.15, 0.2) is 0 Å². The third-order valence-electron chi connectivity index (χ3n) is 3.91. The van der Waals surface area contributed by atoms with Gasteiger partial charge in [-0.1, -0.05) is 6.92 Å². The molecule has 2 heterocycles. The Bertz CT molecular complexity index is 389. The van der Waals surface area contributed by atoms with Gasteiger partial charge in [0.25, 0.3) is 0 Å². The Balaban J connectivity index is 2.10. The zero-order chi connectivity index (χ0) is 13.1. The van der Waals surface area contributed by atoms with Gasteiger partial charge in [-0.2, -0.15) is 0 Å². The standard InChI is InChI=1S/C15H25N3/c1-5-14-11-17(8-9-18(14)12(2)3)15-6-7-16-13(4)10-15/h6-7,10,12,14H,5,8-9,11H2,1-4H3/t14-/m0/s1. The highest BCUT2D eigenvalue weighted by Crippen LogP contribution is 2.22. The molecule has 1 aromatic rings. The fraction of sp³-hybridized carbons (Fsp3) is 0.667. The first-order chi connectivity index (χ1) is 8.61. The Kier molecular flexibility index (Phi) is 4.23. The minimum Gasteiger partial charge on any atom is -0.369 e. The normalized spacial score (nSPS) is 21.6. The summed E-state index contributed by atoms with van der Waals surface area (Å²) in [5.41, 5.74) is 2.43. The number of aromatic nitrogens is 1. The lowest BCUT2D eigenvalue weighted by molar-refractivity contribution is 0.133. The Morgan fingerprint density at radius 3 is 2.78 bits per heavy atom. The van der Waals surface area contributed by atoms with E-state index in [0.717, 1.165) is 25.3 Å². The maximum absolute atomic E-state index is 4.28. The molecule has 0 aromatic carbocycles. The van der Waals surface area contributed by atoms with Gasteiger partial charge >= 0.3 is 0 Å². The van der Waals surface area contributed by atoms with E-state index in [2.05, 4.69) is 54.6 Å². The zero-order valence-electron chi connectivity index (χ0n) is 12.1. The molecule has 1 fully saturated rings. The maximum atomic E-state index is 4.28. The molecule has 1 aliphatic heterocycles. The van der Waals surface area contributed by atoms with Gasteiger partial charge in [-0.25, -0.2) is 0 Å². The lowest BCUT2D eigenvalue weighted by Gasteiger charge is -2.44. The van der Waals surface area contributed by atoms with Crippen LogP contribution in [0.1, 0.15) is 32.9 Å². The highest BCUT2D eigenvalue weighted by atomic mass is 15.3. The van der Waals surface area contributed by atoms with E-state index in [1.54, 1.807) is 0 Å². The Morgan fingerprint density at radius 2 is 2.17 bits per heavy atom. The monoisotopic (exact) mass is 247 g/mol. The number of rotatable bonds is 3. The summed E-state index contributed by atoms with van der Waals surface area (Å²) >= 11 is 0. The summed E-state index contributed by atoms with van der Waals surface area (Å²) in [6.45, 7) is 12.4. The van der Waals surface area contributed by atoms with Crippen LogP contribution in [0.3, 0.4) is 0 Å². The molecule has 3 heteroatoms. The molecule has 1 atom stereocenters. The maximum Gasteiger partial charge on any atom is 0.0400 e. The number of hydrogen-bond acceptors (Lipinski definition) is 3. The molecule has 100 valence electrons. The predicted molar refractivity (Wildman–Crippen MR) is 77.1 cm³/mol. The second-order valence-electron chi connectivity index (χ2n) is 5.50. The summed E-state index contributed by atoms with van der Waals surface area (Å²) in [5.74, 6) is 0. The van der Waals surface area contributed by atoms with Crippen LogP contribution in [0.2, 0.25) is 0 Å². The van der Waals surface area contributed by atoms with E-state index in [-0.39, 0.29) is 0 Å². The molecule has 0 aliphatic carbocycles. The third kappa shape index (κ3) is 2.83. The van der Waals surface area contributed by atoms with Gasteiger partial charge in [-0.3, -0.25) is 9.88 Å². The molecule has 1 saturated heterocycles. The van der Waals surface area contributed by atoms with Crippen molar-refractivity contribution < 1.29 is 0 Å². The van der Waals surface area contributed by atoms with E-state index in [9.17, 15) is 0 Å². The summed E-state index contributed by atoms with van der Waals surface area (Å²) in [7, 11) is 0. The number of aryl methyl sites for hydroxylation is 1. The number of piperazine rings is 1. The van der Waals surface area contributed by atoms with Crippen LogP contribution in [0.25, 0.3) is 0 Å². The number of hydrogen-bond donors (Lipinski definition) is 0.